The average Bonchev–Trinajstić information content (AvgIpc) is 2.82. The van der Waals surface area contributed by atoms with Crippen LogP contribution in [0.15, 0.2) is 70.4 Å². The Morgan fingerprint density at radius 2 is 2.06 bits per heavy atom. The minimum atomic E-state index is -0.413. The van der Waals surface area contributed by atoms with Crippen LogP contribution in [0.3, 0.4) is 0 Å². The fourth-order valence-electron chi connectivity index (χ4n) is 4.29. The maximum atomic E-state index is 12.9. The van der Waals surface area contributed by atoms with Crippen LogP contribution in [-0.4, -0.2) is 24.6 Å². The number of Topliss-reactive ketones (excluding diaryl/α,β-unsaturated/α-hetero) is 1. The number of benzene rings is 2. The number of carbonyl (C=O) groups is 2. The molecular weight excluding hydrogens is 434 g/mol. The number of carbonyl (C=O) groups excluding carboxylic acids is 2. The van der Waals surface area contributed by atoms with Crippen LogP contribution in [0.5, 0.6) is 5.75 Å². The lowest BCUT2D eigenvalue weighted by Crippen LogP contribution is -2.32. The third-order valence-electron chi connectivity index (χ3n) is 5.86. The van der Waals surface area contributed by atoms with Gasteiger partial charge < -0.3 is 15.4 Å². The lowest BCUT2D eigenvalue weighted by molar-refractivity contribution is -0.116. The molecule has 0 fully saturated rings. The van der Waals surface area contributed by atoms with E-state index in [4.69, 9.17) is 4.74 Å². The van der Waals surface area contributed by atoms with Gasteiger partial charge in [0.25, 0.3) is 0 Å². The number of nitrogens with zero attached hydrogens (tertiary/aromatic N) is 1. The SMILES string of the molecule is COc1cccc(NC(=O)CSC2=C(C#N)C(c3ccccc3C)C3=C(CCCC3=O)N2)c1. The molecule has 2 aromatic carbocycles. The number of dihydropyridines is 1. The maximum Gasteiger partial charge on any atom is 0.234 e. The lowest BCUT2D eigenvalue weighted by atomic mass is 9.76. The Kier molecular flexibility index (Phi) is 6.85. The fourth-order valence-corrected chi connectivity index (χ4v) is 5.16. The molecule has 1 aliphatic carbocycles. The van der Waals surface area contributed by atoms with Gasteiger partial charge >= 0.3 is 0 Å². The number of aryl methyl sites for hydroxylation is 1. The predicted molar refractivity (Wildman–Crippen MR) is 130 cm³/mol. The Morgan fingerprint density at radius 3 is 2.82 bits per heavy atom. The van der Waals surface area contributed by atoms with Gasteiger partial charge in [0.15, 0.2) is 5.78 Å². The highest BCUT2D eigenvalue weighted by Gasteiger charge is 2.37. The zero-order valence-electron chi connectivity index (χ0n) is 18.6. The van der Waals surface area contributed by atoms with Crippen molar-refractivity contribution in [3.05, 3.63) is 81.5 Å². The van der Waals surface area contributed by atoms with E-state index >= 15 is 0 Å². The van der Waals surface area contributed by atoms with Crippen molar-refractivity contribution >= 4 is 29.1 Å². The highest BCUT2D eigenvalue weighted by molar-refractivity contribution is 8.03. The number of amides is 1. The zero-order chi connectivity index (χ0) is 23.4. The van der Waals surface area contributed by atoms with Crippen molar-refractivity contribution in [1.29, 1.82) is 5.26 Å². The van der Waals surface area contributed by atoms with Crippen LogP contribution in [0.1, 0.15) is 36.3 Å². The van der Waals surface area contributed by atoms with Gasteiger partial charge in [0.1, 0.15) is 5.75 Å². The normalized spacial score (nSPS) is 17.7. The molecule has 2 N–H and O–H groups in total. The van der Waals surface area contributed by atoms with Crippen molar-refractivity contribution in [1.82, 2.24) is 5.32 Å². The maximum absolute atomic E-state index is 12.9. The molecule has 1 aliphatic heterocycles. The van der Waals surface area contributed by atoms with Crippen LogP contribution >= 0.6 is 11.8 Å². The fraction of sp³-hybridized carbons (Fsp3) is 0.269. The van der Waals surface area contributed by atoms with E-state index in [1.54, 1.807) is 19.2 Å². The highest BCUT2D eigenvalue weighted by Crippen LogP contribution is 2.44. The first-order valence-electron chi connectivity index (χ1n) is 10.8. The second kappa shape index (κ2) is 9.97. The molecule has 2 aliphatic rings. The van der Waals surface area contributed by atoms with Gasteiger partial charge in [-0.3, -0.25) is 9.59 Å². The largest absolute Gasteiger partial charge is 0.497 e. The zero-order valence-corrected chi connectivity index (χ0v) is 19.4. The van der Waals surface area contributed by atoms with Gasteiger partial charge in [-0.2, -0.15) is 5.26 Å². The topological polar surface area (TPSA) is 91.2 Å². The summed E-state index contributed by atoms with van der Waals surface area (Å²) in [5.74, 6) is 0.272. The van der Waals surface area contributed by atoms with Crippen molar-refractivity contribution in [2.24, 2.45) is 0 Å². The summed E-state index contributed by atoms with van der Waals surface area (Å²) >= 11 is 1.29. The van der Waals surface area contributed by atoms with Crippen molar-refractivity contribution in [2.45, 2.75) is 32.1 Å². The van der Waals surface area contributed by atoms with Crippen LogP contribution in [0.2, 0.25) is 0 Å². The van der Waals surface area contributed by atoms with Crippen molar-refractivity contribution in [3.8, 4) is 11.8 Å². The summed E-state index contributed by atoms with van der Waals surface area (Å²) in [4.78, 5) is 25.5. The number of allylic oxidation sites excluding steroid dienone is 3. The third-order valence-corrected chi connectivity index (χ3v) is 6.88. The molecular formula is C26H25N3O3S. The molecule has 4 rings (SSSR count). The number of ether oxygens (including phenoxy) is 1. The smallest absolute Gasteiger partial charge is 0.234 e. The Morgan fingerprint density at radius 1 is 1.24 bits per heavy atom. The summed E-state index contributed by atoms with van der Waals surface area (Å²) in [6.45, 7) is 1.99. The Hall–Kier alpha value is -3.50. The van der Waals surface area contributed by atoms with Crippen LogP contribution in [0.4, 0.5) is 5.69 Å². The van der Waals surface area contributed by atoms with Gasteiger partial charge in [-0.05, 0) is 43.0 Å². The highest BCUT2D eigenvalue weighted by atomic mass is 32.2. The number of rotatable bonds is 6. The van der Waals surface area contributed by atoms with Gasteiger partial charge in [-0.1, -0.05) is 42.1 Å². The van der Waals surface area contributed by atoms with Crippen LogP contribution in [-0.2, 0) is 9.59 Å². The quantitative estimate of drug-likeness (QED) is 0.645. The average molecular weight is 460 g/mol. The van der Waals surface area contributed by atoms with E-state index in [2.05, 4.69) is 16.7 Å². The van der Waals surface area contributed by atoms with Crippen LogP contribution in [0.25, 0.3) is 0 Å². The van der Waals surface area contributed by atoms with Crippen LogP contribution in [0, 0.1) is 18.3 Å². The monoisotopic (exact) mass is 459 g/mol. The molecule has 1 atom stereocenters. The van der Waals surface area contributed by atoms with E-state index in [0.717, 1.165) is 29.7 Å². The molecule has 1 unspecified atom stereocenters. The molecule has 0 bridgehead atoms. The van der Waals surface area contributed by atoms with E-state index < -0.39 is 5.92 Å². The third kappa shape index (κ3) is 4.81. The second-order valence-electron chi connectivity index (χ2n) is 8.01. The van der Waals surface area contributed by atoms with E-state index in [0.29, 0.717) is 34.0 Å². The molecule has 0 radical (unpaired) electrons. The molecule has 0 aromatic heterocycles. The van der Waals surface area contributed by atoms with E-state index in [1.807, 2.05) is 43.3 Å². The predicted octanol–water partition coefficient (Wildman–Crippen LogP) is 4.80. The lowest BCUT2D eigenvalue weighted by Gasteiger charge is -2.33. The molecule has 0 saturated carbocycles. The van der Waals surface area contributed by atoms with E-state index in [-0.39, 0.29) is 17.4 Å². The summed E-state index contributed by atoms with van der Waals surface area (Å²) in [6, 6.07) is 17.3. The first-order valence-corrected chi connectivity index (χ1v) is 11.8. The molecule has 0 saturated heterocycles. The Labute approximate surface area is 197 Å². The van der Waals surface area contributed by atoms with E-state index in [1.165, 1.54) is 11.8 Å². The van der Waals surface area contributed by atoms with E-state index in [9.17, 15) is 14.9 Å². The van der Waals surface area contributed by atoms with Gasteiger partial charge in [-0.25, -0.2) is 0 Å². The minimum Gasteiger partial charge on any atom is -0.497 e. The Bertz CT molecular complexity index is 1210. The summed E-state index contributed by atoms with van der Waals surface area (Å²) in [7, 11) is 1.57. The van der Waals surface area contributed by atoms with Crippen LogP contribution < -0.4 is 15.4 Å². The number of methoxy groups -OCH3 is 1. The van der Waals surface area contributed by atoms with Gasteiger partial charge in [0.2, 0.25) is 5.91 Å². The molecule has 6 nitrogen and oxygen atoms in total. The van der Waals surface area contributed by atoms with Crippen molar-refractivity contribution in [2.75, 3.05) is 18.2 Å². The van der Waals surface area contributed by atoms with Gasteiger partial charge in [0, 0.05) is 29.4 Å². The molecule has 7 heteroatoms. The summed E-state index contributed by atoms with van der Waals surface area (Å²) in [5, 5.41) is 16.9. The summed E-state index contributed by atoms with van der Waals surface area (Å²) in [5.41, 5.74) is 4.68. The first kappa shape index (κ1) is 22.7. The number of thioether (sulfide) groups is 1. The molecule has 2 aromatic rings. The number of hydrogen-bond donors (Lipinski definition) is 2. The van der Waals surface area contributed by atoms with Gasteiger partial charge in [-0.15, -0.1) is 0 Å². The Balaban J connectivity index is 1.61. The number of anilines is 1. The van der Waals surface area contributed by atoms with Crippen molar-refractivity contribution in [3.63, 3.8) is 0 Å². The number of ketones is 1. The summed E-state index contributed by atoms with van der Waals surface area (Å²) in [6.07, 6.45) is 2.02. The second-order valence-corrected chi connectivity index (χ2v) is 8.99. The molecule has 1 heterocycles. The molecule has 33 heavy (non-hydrogen) atoms. The number of nitriles is 1. The first-order chi connectivity index (χ1) is 16.0. The number of nitrogens with one attached hydrogen (secondary N) is 2. The molecule has 1 amide bonds. The standard InChI is InChI=1S/C26H25N3O3S/c1-16-7-3-4-10-19(16)24-20(14-27)26(29-21-11-6-12-22(30)25(21)24)33-15-23(31)28-17-8-5-9-18(13-17)32-2/h3-5,7-10,13,24,29H,6,11-12,15H2,1-2H3,(H,28,31). The summed E-state index contributed by atoms with van der Waals surface area (Å²) < 4.78 is 5.20. The molecule has 168 valence electrons. The van der Waals surface area contributed by atoms with Crippen molar-refractivity contribution < 1.29 is 14.3 Å². The van der Waals surface area contributed by atoms with Gasteiger partial charge in [0.05, 0.1) is 35.5 Å². The molecule has 0 spiro atoms. The number of hydrogen-bond acceptors (Lipinski definition) is 6. The minimum absolute atomic E-state index is 0.0876.